The number of urea groups is 1. The van der Waals surface area contributed by atoms with Crippen LogP contribution in [-0.4, -0.2) is 69.3 Å². The quantitative estimate of drug-likeness (QED) is 0.768. The van der Waals surface area contributed by atoms with E-state index >= 15 is 0 Å². The Labute approximate surface area is 142 Å². The van der Waals surface area contributed by atoms with Crippen LogP contribution in [0.1, 0.15) is 6.92 Å². The van der Waals surface area contributed by atoms with Crippen molar-refractivity contribution >= 4 is 17.6 Å². The second-order valence-electron chi connectivity index (χ2n) is 6.29. The first-order valence-electron chi connectivity index (χ1n) is 8.43. The lowest BCUT2D eigenvalue weighted by atomic mass is 10.2. The van der Waals surface area contributed by atoms with E-state index in [0.717, 1.165) is 31.9 Å². The van der Waals surface area contributed by atoms with Gasteiger partial charge in [0, 0.05) is 18.8 Å². The predicted molar refractivity (Wildman–Crippen MR) is 90.5 cm³/mol. The Hall–Kier alpha value is -2.28. The zero-order valence-electron chi connectivity index (χ0n) is 14.2. The molecule has 2 heterocycles. The number of piperazine rings is 1. The van der Waals surface area contributed by atoms with Gasteiger partial charge in [-0.1, -0.05) is 0 Å². The van der Waals surface area contributed by atoms with Gasteiger partial charge in [-0.05, 0) is 31.2 Å². The van der Waals surface area contributed by atoms with Crippen molar-refractivity contribution in [3.05, 3.63) is 24.3 Å². The molecule has 3 rings (SSSR count). The Bertz CT molecular complexity index is 596. The molecular weight excluding hydrogens is 308 g/mol. The van der Waals surface area contributed by atoms with Crippen LogP contribution in [-0.2, 0) is 4.79 Å². The van der Waals surface area contributed by atoms with Gasteiger partial charge in [-0.2, -0.15) is 0 Å². The van der Waals surface area contributed by atoms with Crippen molar-refractivity contribution in [2.75, 3.05) is 51.3 Å². The van der Waals surface area contributed by atoms with E-state index in [1.165, 1.54) is 15.5 Å². The molecule has 2 saturated heterocycles. The maximum Gasteiger partial charge on any atom is 0.324 e. The number of ether oxygens (including phenoxy) is 1. The Morgan fingerprint density at radius 2 is 1.88 bits per heavy atom. The van der Waals surface area contributed by atoms with Crippen molar-refractivity contribution in [2.24, 2.45) is 0 Å². The zero-order valence-corrected chi connectivity index (χ0v) is 14.2. The van der Waals surface area contributed by atoms with Gasteiger partial charge in [0.25, 0.3) is 5.91 Å². The van der Waals surface area contributed by atoms with Crippen LogP contribution in [0.3, 0.4) is 0 Å². The summed E-state index contributed by atoms with van der Waals surface area (Å²) in [6.45, 7) is 6.51. The molecular formula is C17H25N4O3+. The molecule has 1 aromatic carbocycles. The molecule has 0 unspecified atom stereocenters. The molecule has 130 valence electrons. The number of nitrogens with one attached hydrogen (secondary N) is 2. The van der Waals surface area contributed by atoms with Gasteiger partial charge in [0.15, 0.2) is 6.04 Å². The summed E-state index contributed by atoms with van der Waals surface area (Å²) < 4.78 is 5.19. The molecule has 0 radical (unpaired) electrons. The minimum absolute atomic E-state index is 0.0714. The van der Waals surface area contributed by atoms with E-state index in [1.807, 2.05) is 19.1 Å². The average molecular weight is 333 g/mol. The van der Waals surface area contributed by atoms with Gasteiger partial charge in [-0.25, -0.2) is 4.79 Å². The number of quaternary nitrogens is 1. The van der Waals surface area contributed by atoms with E-state index in [4.69, 9.17) is 4.74 Å². The van der Waals surface area contributed by atoms with Crippen LogP contribution in [0.4, 0.5) is 10.5 Å². The number of methoxy groups -OCH3 is 1. The minimum atomic E-state index is -0.261. The second-order valence-corrected chi connectivity index (χ2v) is 6.29. The van der Waals surface area contributed by atoms with Crippen LogP contribution >= 0.6 is 0 Å². The summed E-state index contributed by atoms with van der Waals surface area (Å²) in [6, 6.07) is 7.61. The smallest absolute Gasteiger partial charge is 0.324 e. The van der Waals surface area contributed by atoms with Crippen LogP contribution in [0.2, 0.25) is 0 Å². The molecule has 1 atom stereocenters. The first-order valence-corrected chi connectivity index (χ1v) is 8.43. The highest BCUT2D eigenvalue weighted by Gasteiger charge is 2.36. The van der Waals surface area contributed by atoms with E-state index in [0.29, 0.717) is 13.1 Å². The molecule has 0 spiro atoms. The Kier molecular flexibility index (Phi) is 4.89. The minimum Gasteiger partial charge on any atom is -0.497 e. The van der Waals surface area contributed by atoms with Crippen LogP contribution in [0.25, 0.3) is 0 Å². The number of hydrogen-bond acceptors (Lipinski definition) is 4. The molecule has 7 heteroatoms. The van der Waals surface area contributed by atoms with E-state index in [2.05, 4.69) is 22.3 Å². The number of nitrogens with zero attached hydrogens (tertiary/aromatic N) is 2. The first kappa shape index (κ1) is 16.6. The number of hydrogen-bond donors (Lipinski definition) is 2. The van der Waals surface area contributed by atoms with E-state index in [-0.39, 0.29) is 18.0 Å². The second kappa shape index (κ2) is 7.09. The lowest BCUT2D eigenvalue weighted by molar-refractivity contribution is -0.915. The maximum absolute atomic E-state index is 12.5. The van der Waals surface area contributed by atoms with Crippen molar-refractivity contribution in [1.82, 2.24) is 10.2 Å². The number of anilines is 1. The van der Waals surface area contributed by atoms with Gasteiger partial charge in [0.05, 0.1) is 33.3 Å². The Morgan fingerprint density at radius 1 is 1.21 bits per heavy atom. The normalized spacial score (nSPS) is 20.0. The van der Waals surface area contributed by atoms with Crippen LogP contribution in [0.5, 0.6) is 5.75 Å². The SMILES string of the molecule is COc1ccc(N2CC[NH+]([C@H](C)C(=O)N3CCNC3=O)CC2)cc1. The monoisotopic (exact) mass is 333 g/mol. The van der Waals surface area contributed by atoms with Gasteiger partial charge < -0.3 is 19.9 Å². The summed E-state index contributed by atoms with van der Waals surface area (Å²) in [5, 5.41) is 2.68. The van der Waals surface area contributed by atoms with E-state index in [1.54, 1.807) is 7.11 Å². The highest BCUT2D eigenvalue weighted by Crippen LogP contribution is 2.19. The molecule has 24 heavy (non-hydrogen) atoms. The molecule has 2 fully saturated rings. The fourth-order valence-corrected chi connectivity index (χ4v) is 3.37. The molecule has 2 aliphatic heterocycles. The summed E-state index contributed by atoms with van der Waals surface area (Å²) in [5.41, 5.74) is 1.17. The van der Waals surface area contributed by atoms with Gasteiger partial charge in [-0.15, -0.1) is 0 Å². The van der Waals surface area contributed by atoms with Gasteiger partial charge in [0.2, 0.25) is 0 Å². The van der Waals surface area contributed by atoms with Crippen molar-refractivity contribution in [3.63, 3.8) is 0 Å². The summed E-state index contributed by atoms with van der Waals surface area (Å²) in [6.07, 6.45) is 0. The van der Waals surface area contributed by atoms with E-state index in [9.17, 15) is 9.59 Å². The molecule has 3 amide bonds. The molecule has 0 aliphatic carbocycles. The van der Waals surface area contributed by atoms with Crippen LogP contribution in [0.15, 0.2) is 24.3 Å². The predicted octanol–water partition coefficient (Wildman–Crippen LogP) is -0.660. The number of amides is 3. The molecule has 0 bridgehead atoms. The summed E-state index contributed by atoms with van der Waals surface area (Å²) in [5.74, 6) is 0.781. The summed E-state index contributed by atoms with van der Waals surface area (Å²) in [4.78, 5) is 29.1. The average Bonchev–Trinajstić information content (AvgIpc) is 3.06. The number of carbonyl (C=O) groups excluding carboxylic acids is 2. The number of benzene rings is 1. The number of imide groups is 1. The Balaban J connectivity index is 1.55. The third kappa shape index (κ3) is 3.31. The molecule has 2 N–H and O–H groups in total. The van der Waals surface area contributed by atoms with Crippen LogP contribution < -0.4 is 19.9 Å². The maximum atomic E-state index is 12.5. The van der Waals surface area contributed by atoms with Crippen molar-refractivity contribution < 1.29 is 19.2 Å². The third-order valence-electron chi connectivity index (χ3n) is 4.95. The summed E-state index contributed by atoms with van der Waals surface area (Å²) >= 11 is 0. The topological polar surface area (TPSA) is 66.3 Å². The number of rotatable bonds is 4. The fraction of sp³-hybridized carbons (Fsp3) is 0.529. The van der Waals surface area contributed by atoms with E-state index < -0.39 is 0 Å². The highest BCUT2D eigenvalue weighted by atomic mass is 16.5. The lowest BCUT2D eigenvalue weighted by Crippen LogP contribution is -3.19. The van der Waals surface area contributed by atoms with Gasteiger partial charge in [-0.3, -0.25) is 9.69 Å². The molecule has 0 aromatic heterocycles. The largest absolute Gasteiger partial charge is 0.497 e. The summed E-state index contributed by atoms with van der Waals surface area (Å²) in [7, 11) is 1.66. The molecule has 7 nitrogen and oxygen atoms in total. The van der Waals surface area contributed by atoms with Gasteiger partial charge >= 0.3 is 6.03 Å². The van der Waals surface area contributed by atoms with Crippen molar-refractivity contribution in [1.29, 1.82) is 0 Å². The highest BCUT2D eigenvalue weighted by molar-refractivity contribution is 5.97. The zero-order chi connectivity index (χ0) is 17.1. The fourth-order valence-electron chi connectivity index (χ4n) is 3.37. The third-order valence-corrected chi connectivity index (χ3v) is 4.95. The van der Waals surface area contributed by atoms with Crippen molar-refractivity contribution in [3.8, 4) is 5.75 Å². The molecule has 1 aromatic rings. The molecule has 0 saturated carbocycles. The Morgan fingerprint density at radius 3 is 2.42 bits per heavy atom. The lowest BCUT2D eigenvalue weighted by Gasteiger charge is -2.36. The van der Waals surface area contributed by atoms with Crippen LogP contribution in [0, 0.1) is 0 Å². The van der Waals surface area contributed by atoms with Crippen molar-refractivity contribution in [2.45, 2.75) is 13.0 Å². The van der Waals surface area contributed by atoms with Gasteiger partial charge in [0.1, 0.15) is 5.75 Å². The molecule has 2 aliphatic rings. The standard InChI is InChI=1S/C17H24N4O3/c1-13(16(22)21-8-7-18-17(21)23)19-9-11-20(12-10-19)14-3-5-15(24-2)6-4-14/h3-6,13H,7-12H2,1-2H3,(H,18,23)/p+1/t13-/m1/s1. The first-order chi connectivity index (χ1) is 11.6. The number of carbonyl (C=O) groups is 2.